The molecule has 0 unspecified atom stereocenters. The molecule has 0 aromatic carbocycles. The predicted octanol–water partition coefficient (Wildman–Crippen LogP) is 1.78. The van der Waals surface area contributed by atoms with Crippen molar-refractivity contribution in [1.29, 1.82) is 0 Å². The largest absolute Gasteiger partial charge is 0.344 e. The molecule has 0 saturated heterocycles. The Morgan fingerprint density at radius 2 is 2.07 bits per heavy atom. The van der Waals surface area contributed by atoms with Gasteiger partial charge in [0.1, 0.15) is 11.5 Å². The van der Waals surface area contributed by atoms with Crippen LogP contribution in [0.15, 0.2) is 24.4 Å². The van der Waals surface area contributed by atoms with Crippen molar-refractivity contribution in [3.8, 4) is 0 Å². The monoisotopic (exact) mass is 428 g/mol. The summed E-state index contributed by atoms with van der Waals surface area (Å²) in [6, 6.07) is 5.85. The number of fused-ring (bicyclic) bond motifs is 2. The van der Waals surface area contributed by atoms with Gasteiger partial charge in [0.15, 0.2) is 5.82 Å². The molecule has 160 valence electrons. The molecule has 0 saturated carbocycles. The van der Waals surface area contributed by atoms with Crippen LogP contribution in [0.25, 0.3) is 0 Å². The van der Waals surface area contributed by atoms with Crippen LogP contribution in [0.1, 0.15) is 39.9 Å². The van der Waals surface area contributed by atoms with Crippen molar-refractivity contribution in [2.24, 2.45) is 7.05 Å². The van der Waals surface area contributed by atoms with Gasteiger partial charge in [-0.15, -0.1) is 10.2 Å². The average molecular weight is 429 g/mol. The molecule has 1 amide bonds. The van der Waals surface area contributed by atoms with E-state index in [0.29, 0.717) is 12.2 Å². The highest BCUT2D eigenvalue weighted by atomic mass is 32.2. The number of carbonyl (C=O) groups is 1. The Hall–Kier alpha value is -2.59. The predicted molar refractivity (Wildman–Crippen MR) is 116 cm³/mol. The fourth-order valence-corrected chi connectivity index (χ4v) is 4.28. The summed E-state index contributed by atoms with van der Waals surface area (Å²) in [5.41, 5.74) is 3.05. The van der Waals surface area contributed by atoms with Crippen molar-refractivity contribution in [2.45, 2.75) is 45.9 Å². The first-order valence-corrected chi connectivity index (χ1v) is 11.4. The van der Waals surface area contributed by atoms with Crippen molar-refractivity contribution < 1.29 is 4.79 Å². The van der Waals surface area contributed by atoms with Gasteiger partial charge in [0.05, 0.1) is 25.3 Å². The molecule has 10 heteroatoms. The number of nitrogens with zero attached hydrogens (tertiary/aromatic N) is 7. The Bertz CT molecular complexity index is 1020. The summed E-state index contributed by atoms with van der Waals surface area (Å²) in [7, 11) is 1.89. The first kappa shape index (κ1) is 20.7. The molecule has 5 rings (SSSR count). The molecule has 9 nitrogen and oxygen atoms in total. The van der Waals surface area contributed by atoms with Gasteiger partial charge < -0.3 is 14.5 Å². The number of hydrogen-bond donors (Lipinski definition) is 1. The fourth-order valence-electron chi connectivity index (χ4n) is 3.75. The highest BCUT2D eigenvalue weighted by Crippen LogP contribution is 2.16. The second kappa shape index (κ2) is 9.05. The van der Waals surface area contributed by atoms with E-state index in [9.17, 15) is 4.79 Å². The van der Waals surface area contributed by atoms with Crippen molar-refractivity contribution in [2.75, 3.05) is 12.8 Å². The zero-order chi connectivity index (χ0) is 21.1. The first-order valence-electron chi connectivity index (χ1n) is 10.2. The molecule has 1 N–H and O–H groups in total. The molecular formula is C20H28N8OS. The highest BCUT2D eigenvalue weighted by Gasteiger charge is 2.18. The van der Waals surface area contributed by atoms with E-state index in [1.807, 2.05) is 36.9 Å². The summed E-state index contributed by atoms with van der Waals surface area (Å²) in [5.74, 6) is 1.79. The lowest BCUT2D eigenvalue weighted by Crippen LogP contribution is -2.28. The third kappa shape index (κ3) is 4.29. The van der Waals surface area contributed by atoms with Gasteiger partial charge in [-0.3, -0.25) is 9.48 Å². The Kier molecular flexibility index (Phi) is 6.24. The van der Waals surface area contributed by atoms with Crippen LogP contribution in [-0.4, -0.2) is 52.1 Å². The van der Waals surface area contributed by atoms with E-state index in [1.54, 1.807) is 11.9 Å². The van der Waals surface area contributed by atoms with Gasteiger partial charge in [-0.1, -0.05) is 11.9 Å². The van der Waals surface area contributed by atoms with E-state index in [1.165, 1.54) is 5.69 Å². The van der Waals surface area contributed by atoms with Gasteiger partial charge in [-0.05, 0) is 37.8 Å². The van der Waals surface area contributed by atoms with E-state index >= 15 is 0 Å². The maximum atomic E-state index is 12.1. The second-order valence-electron chi connectivity index (χ2n) is 7.48. The summed E-state index contributed by atoms with van der Waals surface area (Å²) in [5, 5.41) is 15.4. The standard InChI is InChI=1S/C13H17N5O.C7H11N3S/c1-9-5-6-10(17(9)2)13(19)14-8-12-16-15-11-4-3-7-18(11)12;1-11-9-4-5-10-7(6-9)2-3-8-10/h5-6H,3-4,7-8H2,1-2H3,(H,14,19);2-3H,4-6H2,1H3. The van der Waals surface area contributed by atoms with Crippen LogP contribution >= 0.6 is 11.9 Å². The number of hydrogen-bond acceptors (Lipinski definition) is 6. The van der Waals surface area contributed by atoms with Gasteiger partial charge >= 0.3 is 0 Å². The SMILES string of the molecule is CSN1CCn2nccc2C1.Cc1ccc(C(=O)NCc2nnc3n2CCC3)n1C. The molecule has 0 atom stereocenters. The van der Waals surface area contributed by atoms with E-state index < -0.39 is 0 Å². The van der Waals surface area contributed by atoms with E-state index in [-0.39, 0.29) is 5.91 Å². The molecule has 3 aromatic heterocycles. The third-order valence-corrected chi connectivity index (χ3v) is 6.49. The van der Waals surface area contributed by atoms with E-state index in [2.05, 4.69) is 46.5 Å². The molecule has 2 aliphatic rings. The maximum absolute atomic E-state index is 12.1. The van der Waals surface area contributed by atoms with Gasteiger partial charge in [-0.2, -0.15) is 5.10 Å². The van der Waals surface area contributed by atoms with Crippen LogP contribution in [0.3, 0.4) is 0 Å². The van der Waals surface area contributed by atoms with Crippen LogP contribution in [0.2, 0.25) is 0 Å². The Morgan fingerprint density at radius 1 is 1.20 bits per heavy atom. The van der Waals surface area contributed by atoms with E-state index in [0.717, 1.165) is 56.4 Å². The number of rotatable bonds is 4. The molecule has 0 aliphatic carbocycles. The normalized spacial score (nSPS) is 15.3. The zero-order valence-electron chi connectivity index (χ0n) is 17.7. The number of nitrogens with one attached hydrogen (secondary N) is 1. The summed E-state index contributed by atoms with van der Waals surface area (Å²) >= 11 is 1.80. The molecule has 30 heavy (non-hydrogen) atoms. The third-order valence-electron chi connectivity index (χ3n) is 5.66. The fraction of sp³-hybridized carbons (Fsp3) is 0.500. The van der Waals surface area contributed by atoms with Crippen LogP contribution in [0.4, 0.5) is 0 Å². The lowest BCUT2D eigenvalue weighted by atomic mass is 10.3. The highest BCUT2D eigenvalue weighted by molar-refractivity contribution is 7.96. The average Bonchev–Trinajstić information content (AvgIpc) is 3.52. The van der Waals surface area contributed by atoms with Crippen LogP contribution in [-0.2, 0) is 39.6 Å². The minimum Gasteiger partial charge on any atom is -0.344 e. The zero-order valence-corrected chi connectivity index (χ0v) is 18.5. The Morgan fingerprint density at radius 3 is 2.83 bits per heavy atom. The lowest BCUT2D eigenvalue weighted by molar-refractivity contribution is 0.0941. The molecule has 5 heterocycles. The quantitative estimate of drug-likeness (QED) is 0.638. The summed E-state index contributed by atoms with van der Waals surface area (Å²) in [6.07, 6.45) is 6.09. The minimum atomic E-state index is -0.0778. The van der Waals surface area contributed by atoms with E-state index in [4.69, 9.17) is 0 Å². The number of aryl methyl sites for hydroxylation is 2. The van der Waals surface area contributed by atoms with Crippen LogP contribution in [0, 0.1) is 6.92 Å². The van der Waals surface area contributed by atoms with Gasteiger partial charge in [0.2, 0.25) is 0 Å². The van der Waals surface area contributed by atoms with Crippen molar-refractivity contribution in [3.05, 3.63) is 53.1 Å². The summed E-state index contributed by atoms with van der Waals surface area (Å²) < 4.78 is 8.39. The topological polar surface area (TPSA) is 85.8 Å². The van der Waals surface area contributed by atoms with Crippen LogP contribution < -0.4 is 5.32 Å². The Labute approximate surface area is 180 Å². The van der Waals surface area contributed by atoms with Crippen molar-refractivity contribution in [3.63, 3.8) is 0 Å². The molecule has 2 aliphatic heterocycles. The number of carbonyl (C=O) groups excluding carboxylic acids is 1. The summed E-state index contributed by atoms with van der Waals surface area (Å²) in [6.45, 7) is 6.52. The van der Waals surface area contributed by atoms with Crippen molar-refractivity contribution >= 4 is 17.9 Å². The van der Waals surface area contributed by atoms with Crippen LogP contribution in [0.5, 0.6) is 0 Å². The molecular weight excluding hydrogens is 400 g/mol. The summed E-state index contributed by atoms with van der Waals surface area (Å²) in [4.78, 5) is 12.1. The molecule has 0 fully saturated rings. The molecule has 0 bridgehead atoms. The van der Waals surface area contributed by atoms with Gasteiger partial charge in [0, 0.05) is 38.4 Å². The Balaban J connectivity index is 0.000000168. The maximum Gasteiger partial charge on any atom is 0.268 e. The first-order chi connectivity index (χ1) is 14.6. The van der Waals surface area contributed by atoms with Crippen molar-refractivity contribution in [1.82, 2.24) is 38.7 Å². The number of amides is 1. The molecule has 0 radical (unpaired) electrons. The van der Waals surface area contributed by atoms with Gasteiger partial charge in [0.25, 0.3) is 5.91 Å². The number of aromatic nitrogens is 6. The smallest absolute Gasteiger partial charge is 0.268 e. The molecule has 3 aromatic rings. The minimum absolute atomic E-state index is 0.0778. The lowest BCUT2D eigenvalue weighted by Gasteiger charge is -2.24. The second-order valence-corrected chi connectivity index (χ2v) is 8.36. The van der Waals surface area contributed by atoms with Gasteiger partial charge in [-0.25, -0.2) is 4.31 Å². The molecule has 0 spiro atoms.